The molecule has 0 spiro atoms. The number of ether oxygens (including phenoxy) is 1. The number of hydrogen-bond acceptors (Lipinski definition) is 3. The summed E-state index contributed by atoms with van der Waals surface area (Å²) < 4.78 is 5.18. The van der Waals surface area contributed by atoms with Gasteiger partial charge in [-0.05, 0) is 31.0 Å². The van der Waals surface area contributed by atoms with Gasteiger partial charge >= 0.3 is 0 Å². The van der Waals surface area contributed by atoms with E-state index in [-0.39, 0.29) is 6.04 Å². The van der Waals surface area contributed by atoms with E-state index >= 15 is 0 Å². The van der Waals surface area contributed by atoms with E-state index < -0.39 is 6.10 Å². The van der Waals surface area contributed by atoms with E-state index in [1.807, 2.05) is 25.1 Å². The normalized spacial score (nSPS) is 14.9. The highest BCUT2D eigenvalue weighted by Gasteiger charge is 2.13. The van der Waals surface area contributed by atoms with Crippen LogP contribution in [0, 0.1) is 6.92 Å². The number of methoxy groups -OCH3 is 1. The Morgan fingerprint density at radius 1 is 1.43 bits per heavy atom. The van der Waals surface area contributed by atoms with Gasteiger partial charge in [-0.2, -0.15) is 0 Å². The van der Waals surface area contributed by atoms with Crippen LogP contribution in [0.25, 0.3) is 0 Å². The third-order valence-corrected chi connectivity index (χ3v) is 2.34. The zero-order chi connectivity index (χ0) is 10.7. The molecule has 1 aromatic carbocycles. The van der Waals surface area contributed by atoms with Crippen LogP contribution in [-0.2, 0) is 0 Å². The third kappa shape index (κ3) is 2.25. The van der Waals surface area contributed by atoms with Crippen molar-refractivity contribution in [3.63, 3.8) is 0 Å². The Hall–Kier alpha value is -1.06. The van der Waals surface area contributed by atoms with Crippen LogP contribution in [0.4, 0.5) is 0 Å². The number of hydrogen-bond donors (Lipinski definition) is 2. The van der Waals surface area contributed by atoms with Crippen LogP contribution in [0.1, 0.15) is 24.1 Å². The van der Waals surface area contributed by atoms with E-state index in [1.165, 1.54) is 0 Å². The van der Waals surface area contributed by atoms with Crippen molar-refractivity contribution in [2.75, 3.05) is 7.11 Å². The van der Waals surface area contributed by atoms with Crippen molar-refractivity contribution in [3.8, 4) is 5.75 Å². The number of benzene rings is 1. The number of aryl methyl sites for hydroxylation is 1. The quantitative estimate of drug-likeness (QED) is 0.766. The molecule has 0 bridgehead atoms. The summed E-state index contributed by atoms with van der Waals surface area (Å²) in [5.41, 5.74) is 7.76. The molecule has 78 valence electrons. The first-order valence-electron chi connectivity index (χ1n) is 4.64. The van der Waals surface area contributed by atoms with E-state index in [2.05, 4.69) is 0 Å². The Labute approximate surface area is 84.5 Å². The summed E-state index contributed by atoms with van der Waals surface area (Å²) in [6.07, 6.45) is -0.553. The van der Waals surface area contributed by atoms with Gasteiger partial charge in [0.15, 0.2) is 0 Å². The van der Waals surface area contributed by atoms with Crippen molar-refractivity contribution >= 4 is 0 Å². The summed E-state index contributed by atoms with van der Waals surface area (Å²) in [5, 5.41) is 9.34. The van der Waals surface area contributed by atoms with E-state index in [1.54, 1.807) is 14.0 Å². The van der Waals surface area contributed by atoms with Gasteiger partial charge in [-0.25, -0.2) is 0 Å². The molecule has 0 radical (unpaired) electrons. The fourth-order valence-corrected chi connectivity index (χ4v) is 1.32. The summed E-state index contributed by atoms with van der Waals surface area (Å²) in [5.74, 6) is 0.804. The second-order valence-electron chi connectivity index (χ2n) is 3.50. The van der Waals surface area contributed by atoms with Gasteiger partial charge in [0.25, 0.3) is 0 Å². The molecular formula is C11H17NO2. The first-order chi connectivity index (χ1) is 6.56. The number of aliphatic hydroxyl groups excluding tert-OH is 1. The molecule has 0 aliphatic carbocycles. The number of nitrogens with two attached hydrogens (primary N) is 1. The van der Waals surface area contributed by atoms with Crippen molar-refractivity contribution in [3.05, 3.63) is 29.3 Å². The molecule has 3 N–H and O–H groups in total. The average Bonchev–Trinajstić information content (AvgIpc) is 2.17. The highest BCUT2D eigenvalue weighted by atomic mass is 16.5. The smallest absolute Gasteiger partial charge is 0.122 e. The van der Waals surface area contributed by atoms with Gasteiger partial charge in [0.1, 0.15) is 5.75 Å². The summed E-state index contributed by atoms with van der Waals surface area (Å²) in [6.45, 7) is 3.65. The van der Waals surface area contributed by atoms with Crippen LogP contribution in [0.2, 0.25) is 0 Å². The topological polar surface area (TPSA) is 55.5 Å². The van der Waals surface area contributed by atoms with E-state index in [0.29, 0.717) is 0 Å². The molecule has 2 unspecified atom stereocenters. The Bertz CT molecular complexity index is 310. The lowest BCUT2D eigenvalue weighted by molar-refractivity contribution is 0.164. The second-order valence-corrected chi connectivity index (χ2v) is 3.50. The Morgan fingerprint density at radius 3 is 2.57 bits per heavy atom. The average molecular weight is 195 g/mol. The number of aliphatic hydroxyl groups is 1. The lowest BCUT2D eigenvalue weighted by Gasteiger charge is -2.16. The van der Waals surface area contributed by atoms with Crippen molar-refractivity contribution in [2.45, 2.75) is 26.0 Å². The van der Waals surface area contributed by atoms with E-state index in [9.17, 15) is 5.11 Å². The molecule has 2 atom stereocenters. The van der Waals surface area contributed by atoms with Crippen molar-refractivity contribution in [1.29, 1.82) is 0 Å². The fourth-order valence-electron chi connectivity index (χ4n) is 1.32. The molecule has 1 aromatic rings. The van der Waals surface area contributed by atoms with Crippen molar-refractivity contribution in [2.24, 2.45) is 5.73 Å². The highest BCUT2D eigenvalue weighted by Crippen LogP contribution is 2.23. The molecule has 3 heteroatoms. The molecule has 0 aliphatic rings. The van der Waals surface area contributed by atoms with Gasteiger partial charge in [0.05, 0.1) is 19.3 Å². The molecule has 0 amide bonds. The maximum absolute atomic E-state index is 9.34. The largest absolute Gasteiger partial charge is 0.496 e. The van der Waals surface area contributed by atoms with Gasteiger partial charge in [0, 0.05) is 0 Å². The minimum Gasteiger partial charge on any atom is -0.496 e. The zero-order valence-corrected chi connectivity index (χ0v) is 8.82. The van der Waals surface area contributed by atoms with Gasteiger partial charge in [-0.3, -0.25) is 0 Å². The lowest BCUT2D eigenvalue weighted by Crippen LogP contribution is -2.23. The molecule has 0 heterocycles. The third-order valence-electron chi connectivity index (χ3n) is 2.34. The lowest BCUT2D eigenvalue weighted by atomic mass is 10.0. The fraction of sp³-hybridized carbons (Fsp3) is 0.455. The predicted octanol–water partition coefficient (Wildman–Crippen LogP) is 1.38. The summed E-state index contributed by atoms with van der Waals surface area (Å²) in [6, 6.07) is 5.36. The van der Waals surface area contributed by atoms with Gasteiger partial charge < -0.3 is 15.6 Å². The Kier molecular flexibility index (Phi) is 3.49. The van der Waals surface area contributed by atoms with Crippen molar-refractivity contribution in [1.82, 2.24) is 0 Å². The molecule has 14 heavy (non-hydrogen) atoms. The summed E-state index contributed by atoms with van der Waals surface area (Å²) >= 11 is 0. The summed E-state index contributed by atoms with van der Waals surface area (Å²) in [4.78, 5) is 0. The van der Waals surface area contributed by atoms with Crippen LogP contribution in [0.15, 0.2) is 18.2 Å². The van der Waals surface area contributed by atoms with Crippen LogP contribution in [-0.4, -0.2) is 18.3 Å². The molecule has 3 nitrogen and oxygen atoms in total. The SMILES string of the molecule is COc1cc(C(N)C(C)O)ccc1C. The summed E-state index contributed by atoms with van der Waals surface area (Å²) in [7, 11) is 1.63. The molecule has 0 saturated heterocycles. The first-order valence-corrected chi connectivity index (χ1v) is 4.64. The molecule has 0 fully saturated rings. The van der Waals surface area contributed by atoms with Gasteiger partial charge in [-0.1, -0.05) is 12.1 Å². The standard InChI is InChI=1S/C11H17NO2/c1-7-4-5-9(6-10(7)14-3)11(12)8(2)13/h4-6,8,11,13H,12H2,1-3H3. The monoisotopic (exact) mass is 195 g/mol. The minimum absolute atomic E-state index is 0.357. The second kappa shape index (κ2) is 4.44. The van der Waals surface area contributed by atoms with Gasteiger partial charge in [0.2, 0.25) is 0 Å². The van der Waals surface area contributed by atoms with Crippen LogP contribution >= 0.6 is 0 Å². The molecule has 1 rings (SSSR count). The molecule has 0 aromatic heterocycles. The predicted molar refractivity (Wildman–Crippen MR) is 56.3 cm³/mol. The van der Waals surface area contributed by atoms with Gasteiger partial charge in [-0.15, -0.1) is 0 Å². The zero-order valence-electron chi connectivity index (χ0n) is 8.82. The Morgan fingerprint density at radius 2 is 2.07 bits per heavy atom. The Balaban J connectivity index is 3.00. The minimum atomic E-state index is -0.553. The van der Waals surface area contributed by atoms with Crippen LogP contribution in [0.3, 0.4) is 0 Å². The number of rotatable bonds is 3. The molecular weight excluding hydrogens is 178 g/mol. The highest BCUT2D eigenvalue weighted by molar-refractivity contribution is 5.37. The van der Waals surface area contributed by atoms with E-state index in [0.717, 1.165) is 16.9 Å². The molecule has 0 saturated carbocycles. The first kappa shape index (κ1) is 11.0. The maximum Gasteiger partial charge on any atom is 0.122 e. The van der Waals surface area contributed by atoms with Crippen molar-refractivity contribution < 1.29 is 9.84 Å². The van der Waals surface area contributed by atoms with Crippen LogP contribution < -0.4 is 10.5 Å². The maximum atomic E-state index is 9.34. The van der Waals surface area contributed by atoms with E-state index in [4.69, 9.17) is 10.5 Å². The molecule has 0 aliphatic heterocycles. The van der Waals surface area contributed by atoms with Crippen LogP contribution in [0.5, 0.6) is 5.75 Å².